The molecular formula is C87H90. The van der Waals surface area contributed by atoms with E-state index in [0.29, 0.717) is 0 Å². The van der Waals surface area contributed by atoms with Crippen molar-refractivity contribution in [2.45, 2.75) is 102 Å². The van der Waals surface area contributed by atoms with Crippen LogP contribution in [0, 0.1) is 83.1 Å². The molecule has 0 aliphatic rings. The molecule has 0 aliphatic heterocycles. The maximum absolute atomic E-state index is 2.25. The monoisotopic (exact) mass is 1130 g/mol. The molecule has 0 heteroatoms. The van der Waals surface area contributed by atoms with Gasteiger partial charge in [-0.25, -0.2) is 0 Å². The molecular weight excluding hydrogens is 1040 g/mol. The van der Waals surface area contributed by atoms with Crippen LogP contribution in [0.4, 0.5) is 0 Å². The minimum absolute atomic E-state index is 1.03. The van der Waals surface area contributed by atoms with Crippen LogP contribution in [0.15, 0.2) is 291 Å². The molecule has 0 saturated heterocycles. The normalized spacial score (nSPS) is 10.2. The Bertz CT molecular complexity index is 3720. The van der Waals surface area contributed by atoms with E-state index in [1.165, 1.54) is 134 Å². The van der Waals surface area contributed by atoms with E-state index in [0.717, 1.165) is 19.3 Å². The highest BCUT2D eigenvalue weighted by Crippen LogP contribution is 2.27. The van der Waals surface area contributed by atoms with Crippen LogP contribution < -0.4 is 0 Å². The first-order chi connectivity index (χ1) is 42.0. The number of hydrogen-bond donors (Lipinski definition) is 0. The molecule has 0 radical (unpaired) electrons. The third-order valence-electron chi connectivity index (χ3n) is 15.5. The summed E-state index contributed by atoms with van der Waals surface area (Å²) in [6, 6.07) is 104. The molecule has 0 heterocycles. The van der Waals surface area contributed by atoms with E-state index in [1.807, 2.05) is 0 Å². The average Bonchev–Trinajstić information content (AvgIpc) is 3.40. The van der Waals surface area contributed by atoms with Gasteiger partial charge in [-0.05, 0) is 191 Å². The second-order valence-corrected chi connectivity index (χ2v) is 23.4. The average molecular weight is 1140 g/mol. The van der Waals surface area contributed by atoms with Gasteiger partial charge in [-0.15, -0.1) is 0 Å². The van der Waals surface area contributed by atoms with Gasteiger partial charge in [0.2, 0.25) is 0 Å². The van der Waals surface area contributed by atoms with Crippen molar-refractivity contribution >= 4 is 0 Å². The highest BCUT2D eigenvalue weighted by molar-refractivity contribution is 5.70. The summed E-state index contributed by atoms with van der Waals surface area (Å²) in [5.74, 6) is 0. The van der Waals surface area contributed by atoms with Gasteiger partial charge in [0.15, 0.2) is 0 Å². The lowest BCUT2D eigenvalue weighted by Crippen LogP contribution is -1.93. The molecule has 12 rings (SSSR count). The van der Waals surface area contributed by atoms with E-state index < -0.39 is 0 Å². The van der Waals surface area contributed by atoms with Crippen LogP contribution in [0.1, 0.15) is 100 Å². The zero-order chi connectivity index (χ0) is 61.9. The topological polar surface area (TPSA) is 0 Å². The van der Waals surface area contributed by atoms with Crippen molar-refractivity contribution < 1.29 is 0 Å². The Morgan fingerprint density at radius 1 is 0.172 bits per heavy atom. The van der Waals surface area contributed by atoms with Crippen molar-refractivity contribution in [2.24, 2.45) is 0 Å². The first-order valence-electron chi connectivity index (χ1n) is 30.8. The van der Waals surface area contributed by atoms with Gasteiger partial charge in [0.25, 0.3) is 0 Å². The van der Waals surface area contributed by atoms with Crippen LogP contribution >= 0.6 is 0 Å². The lowest BCUT2D eigenvalue weighted by Gasteiger charge is -2.08. The first-order valence-corrected chi connectivity index (χ1v) is 30.8. The van der Waals surface area contributed by atoms with E-state index in [9.17, 15) is 0 Å². The summed E-state index contributed by atoms with van der Waals surface area (Å²) in [6.45, 7) is 25.6. The molecule has 0 nitrogen and oxygen atoms in total. The molecule has 0 N–H and O–H groups in total. The van der Waals surface area contributed by atoms with Crippen LogP contribution in [0.2, 0.25) is 0 Å². The molecule has 0 bridgehead atoms. The van der Waals surface area contributed by atoms with Crippen molar-refractivity contribution in [3.05, 3.63) is 391 Å². The summed E-state index contributed by atoms with van der Waals surface area (Å²) in [5.41, 5.74) is 32.2. The van der Waals surface area contributed by atoms with Gasteiger partial charge < -0.3 is 0 Å². The fraction of sp³-hybridized carbons (Fsp3) is 0.172. The van der Waals surface area contributed by atoms with Gasteiger partial charge in [0.1, 0.15) is 0 Å². The molecule has 0 atom stereocenters. The number of aryl methyl sites for hydroxylation is 12. The minimum atomic E-state index is 1.03. The molecule has 0 fully saturated rings. The van der Waals surface area contributed by atoms with Gasteiger partial charge >= 0.3 is 0 Å². The zero-order valence-corrected chi connectivity index (χ0v) is 53.8. The van der Waals surface area contributed by atoms with Gasteiger partial charge in [-0.3, -0.25) is 0 Å². The van der Waals surface area contributed by atoms with E-state index in [2.05, 4.69) is 374 Å². The van der Waals surface area contributed by atoms with E-state index in [1.54, 1.807) is 0 Å². The summed E-state index contributed by atoms with van der Waals surface area (Å²) >= 11 is 0. The molecule has 0 unspecified atom stereocenters. The van der Waals surface area contributed by atoms with Crippen molar-refractivity contribution in [2.75, 3.05) is 0 Å². The van der Waals surface area contributed by atoms with Crippen LogP contribution in [0.25, 0.3) is 33.4 Å². The maximum atomic E-state index is 2.25. The van der Waals surface area contributed by atoms with Crippen molar-refractivity contribution in [3.8, 4) is 33.4 Å². The minimum Gasteiger partial charge on any atom is -0.0620 e. The molecule has 0 amide bonds. The van der Waals surface area contributed by atoms with E-state index in [4.69, 9.17) is 0 Å². The zero-order valence-electron chi connectivity index (χ0n) is 53.8. The summed E-state index contributed by atoms with van der Waals surface area (Å²) < 4.78 is 0. The molecule has 12 aromatic rings. The molecule has 87 heavy (non-hydrogen) atoms. The lowest BCUT2D eigenvalue weighted by molar-refractivity contribution is 1.13. The SMILES string of the molecule is Cc1ccc(-c2ccc(C)cc2)cc1.Cc1ccc(Cc2ccc(C)cc2)cc1.Cc1cccc(-c2cccc(C)c2)c1.Cc1cccc(Cc2cccc(C)c2)c1.Cc1ccccc1-c1ccccc1C.Cc1ccccc1Cc1ccccc1C. The Balaban J connectivity index is 0.000000149. The van der Waals surface area contributed by atoms with Gasteiger partial charge in [0.05, 0.1) is 0 Å². The summed E-state index contributed by atoms with van der Waals surface area (Å²) in [5, 5.41) is 0. The van der Waals surface area contributed by atoms with E-state index >= 15 is 0 Å². The Labute approximate surface area is 524 Å². The Hall–Kier alpha value is -9.36. The highest BCUT2D eigenvalue weighted by atomic mass is 14.1. The quantitative estimate of drug-likeness (QED) is 0.135. The lowest BCUT2D eigenvalue weighted by atomic mass is 9.97. The third-order valence-corrected chi connectivity index (χ3v) is 15.5. The second-order valence-electron chi connectivity index (χ2n) is 23.4. The molecule has 0 spiro atoms. The maximum Gasteiger partial charge on any atom is -0.00205 e. The third kappa shape index (κ3) is 22.2. The molecule has 0 aliphatic carbocycles. The van der Waals surface area contributed by atoms with Crippen LogP contribution in [-0.2, 0) is 19.3 Å². The smallest absolute Gasteiger partial charge is 0.00205 e. The van der Waals surface area contributed by atoms with Gasteiger partial charge in [0, 0.05) is 0 Å². The number of rotatable bonds is 9. The first kappa shape index (κ1) is 65.2. The molecule has 438 valence electrons. The summed E-state index contributed by atoms with van der Waals surface area (Å²) in [6.07, 6.45) is 3.10. The summed E-state index contributed by atoms with van der Waals surface area (Å²) in [4.78, 5) is 0. The van der Waals surface area contributed by atoms with Gasteiger partial charge in [-0.1, -0.05) is 336 Å². The van der Waals surface area contributed by atoms with E-state index in [-0.39, 0.29) is 0 Å². The Morgan fingerprint density at radius 2 is 0.460 bits per heavy atom. The fourth-order valence-corrected chi connectivity index (χ4v) is 10.2. The van der Waals surface area contributed by atoms with Crippen molar-refractivity contribution in [1.29, 1.82) is 0 Å². The van der Waals surface area contributed by atoms with Crippen molar-refractivity contribution in [3.63, 3.8) is 0 Å². The Kier molecular flexibility index (Phi) is 25.4. The Morgan fingerprint density at radius 3 is 0.782 bits per heavy atom. The number of hydrogen-bond acceptors (Lipinski definition) is 0. The second kappa shape index (κ2) is 34.0. The highest BCUT2D eigenvalue weighted by Gasteiger charge is 2.05. The largest absolute Gasteiger partial charge is 0.0620 e. The standard InChI is InChI=1S/3C15H16.3C14H14/c1-12-3-7-14(8-4-12)11-15-9-5-13(2)6-10-15;1-12-5-3-7-14(9-12)11-15-8-4-6-13(2)10-15;1-12-7-3-5-9-14(12)11-15-10-6-4-8-13(15)2;1-11-3-7-13(8-4-11)14-9-5-12(2)6-10-14;1-11-5-3-7-13(9-11)14-8-4-6-12(2)10-14;1-11-7-3-5-9-13(11)14-10-6-4-8-12(14)2/h3*3-10H,11H2,1-2H3;3*3-10H,1-2H3. The van der Waals surface area contributed by atoms with Gasteiger partial charge in [-0.2, -0.15) is 0 Å². The summed E-state index contributed by atoms with van der Waals surface area (Å²) in [7, 11) is 0. The van der Waals surface area contributed by atoms with Crippen LogP contribution in [0.3, 0.4) is 0 Å². The predicted molar refractivity (Wildman–Crippen MR) is 380 cm³/mol. The fourth-order valence-electron chi connectivity index (χ4n) is 10.2. The predicted octanol–water partition coefficient (Wildman–Crippen LogP) is 23.6. The van der Waals surface area contributed by atoms with Crippen molar-refractivity contribution in [1.82, 2.24) is 0 Å². The molecule has 12 aromatic carbocycles. The number of benzene rings is 12. The van der Waals surface area contributed by atoms with Crippen LogP contribution in [0.5, 0.6) is 0 Å². The van der Waals surface area contributed by atoms with Crippen LogP contribution in [-0.4, -0.2) is 0 Å². The molecule has 0 saturated carbocycles. The molecule has 0 aromatic heterocycles.